The van der Waals surface area contributed by atoms with Crippen LogP contribution in [-0.2, 0) is 5.41 Å². The third-order valence-electron chi connectivity index (χ3n) is 5.85. The number of nitrogens with one attached hydrogen (secondary N) is 1. The first-order chi connectivity index (χ1) is 11.7. The fraction of sp³-hybridized carbons (Fsp3) is 0.217. The molecular formula is C23H21N. The number of hydrogen-bond acceptors (Lipinski definition) is 1. The Labute approximate surface area is 143 Å². The molecule has 118 valence electrons. The van der Waals surface area contributed by atoms with Crippen LogP contribution in [0.2, 0.25) is 0 Å². The van der Waals surface area contributed by atoms with Crippen LogP contribution in [-0.4, -0.2) is 6.04 Å². The van der Waals surface area contributed by atoms with Gasteiger partial charge in [-0.05, 0) is 33.5 Å². The Balaban J connectivity index is 1.81. The SMILES string of the molecule is CC1(C)c2c(ccc3ccccc23)NC2C=Cc3ccccc3C21. The molecule has 2 atom stereocenters. The minimum Gasteiger partial charge on any atom is -0.378 e. The van der Waals surface area contributed by atoms with Crippen LogP contribution in [0.3, 0.4) is 0 Å². The van der Waals surface area contributed by atoms with E-state index in [2.05, 4.69) is 92.0 Å². The topological polar surface area (TPSA) is 12.0 Å². The van der Waals surface area contributed by atoms with Crippen molar-refractivity contribution in [2.75, 3.05) is 5.32 Å². The molecule has 0 radical (unpaired) electrons. The molecule has 0 aromatic heterocycles. The highest BCUT2D eigenvalue weighted by Crippen LogP contribution is 2.52. The van der Waals surface area contributed by atoms with E-state index in [4.69, 9.17) is 0 Å². The molecule has 5 rings (SSSR count). The van der Waals surface area contributed by atoms with E-state index in [1.165, 1.54) is 33.2 Å². The summed E-state index contributed by atoms with van der Waals surface area (Å²) < 4.78 is 0. The summed E-state index contributed by atoms with van der Waals surface area (Å²) in [5.41, 5.74) is 5.61. The Morgan fingerprint density at radius 2 is 1.67 bits per heavy atom. The van der Waals surface area contributed by atoms with E-state index in [0.29, 0.717) is 12.0 Å². The first kappa shape index (κ1) is 13.9. The van der Waals surface area contributed by atoms with Crippen molar-refractivity contribution in [2.24, 2.45) is 0 Å². The minimum absolute atomic E-state index is 0.0625. The lowest BCUT2D eigenvalue weighted by molar-refractivity contribution is 0.381. The van der Waals surface area contributed by atoms with Gasteiger partial charge >= 0.3 is 0 Å². The lowest BCUT2D eigenvalue weighted by Gasteiger charge is -2.48. The van der Waals surface area contributed by atoms with E-state index in [1.807, 2.05) is 0 Å². The monoisotopic (exact) mass is 311 g/mol. The number of rotatable bonds is 0. The fourth-order valence-electron chi connectivity index (χ4n) is 4.85. The zero-order valence-electron chi connectivity index (χ0n) is 14.1. The quantitative estimate of drug-likeness (QED) is 0.559. The summed E-state index contributed by atoms with van der Waals surface area (Å²) in [6, 6.07) is 22.4. The van der Waals surface area contributed by atoms with Gasteiger partial charge in [0.1, 0.15) is 0 Å². The molecule has 24 heavy (non-hydrogen) atoms. The van der Waals surface area contributed by atoms with Crippen molar-refractivity contribution in [3.8, 4) is 0 Å². The van der Waals surface area contributed by atoms with Gasteiger partial charge in [-0.1, -0.05) is 80.6 Å². The molecular weight excluding hydrogens is 290 g/mol. The summed E-state index contributed by atoms with van der Waals surface area (Å²) >= 11 is 0. The van der Waals surface area contributed by atoms with Crippen molar-refractivity contribution in [1.82, 2.24) is 0 Å². The fourth-order valence-corrected chi connectivity index (χ4v) is 4.85. The second-order valence-electron chi connectivity index (χ2n) is 7.57. The smallest absolute Gasteiger partial charge is 0.0525 e. The summed E-state index contributed by atoms with van der Waals surface area (Å²) in [7, 11) is 0. The first-order valence-corrected chi connectivity index (χ1v) is 8.72. The molecule has 1 heteroatoms. The van der Waals surface area contributed by atoms with Crippen LogP contribution in [0.25, 0.3) is 16.8 Å². The summed E-state index contributed by atoms with van der Waals surface area (Å²) in [6.45, 7) is 4.82. The second kappa shape index (κ2) is 4.73. The standard InChI is InChI=1S/C23H21N/c1-23(2)21-17-9-5-3-7-15(17)11-13-19(21)24-20-14-12-16-8-4-6-10-18(16)22(20)23/h3-14,19,21,24H,1-2H3. The normalized spacial score (nSPS) is 23.1. The number of benzene rings is 3. The van der Waals surface area contributed by atoms with Crippen molar-refractivity contribution in [2.45, 2.75) is 31.2 Å². The Morgan fingerprint density at radius 1 is 0.875 bits per heavy atom. The Hall–Kier alpha value is -2.54. The molecule has 1 aliphatic carbocycles. The average molecular weight is 311 g/mol. The zero-order valence-corrected chi connectivity index (χ0v) is 14.1. The summed E-state index contributed by atoms with van der Waals surface area (Å²) in [4.78, 5) is 0. The van der Waals surface area contributed by atoms with Gasteiger partial charge in [0.05, 0.1) is 6.04 Å². The highest BCUT2D eigenvalue weighted by atomic mass is 15.0. The molecule has 2 aliphatic rings. The molecule has 0 fully saturated rings. The van der Waals surface area contributed by atoms with Crippen molar-refractivity contribution in [3.05, 3.63) is 83.4 Å². The van der Waals surface area contributed by atoms with Gasteiger partial charge < -0.3 is 5.32 Å². The van der Waals surface area contributed by atoms with Gasteiger partial charge in [0.25, 0.3) is 0 Å². The van der Waals surface area contributed by atoms with Crippen molar-refractivity contribution in [1.29, 1.82) is 0 Å². The van der Waals surface area contributed by atoms with Crippen LogP contribution < -0.4 is 5.32 Å². The number of hydrogen-bond donors (Lipinski definition) is 1. The van der Waals surface area contributed by atoms with E-state index in [9.17, 15) is 0 Å². The van der Waals surface area contributed by atoms with Gasteiger partial charge in [-0.3, -0.25) is 0 Å². The van der Waals surface area contributed by atoms with E-state index < -0.39 is 0 Å². The van der Waals surface area contributed by atoms with Crippen molar-refractivity contribution < 1.29 is 0 Å². The highest BCUT2D eigenvalue weighted by molar-refractivity contribution is 5.92. The van der Waals surface area contributed by atoms with E-state index in [1.54, 1.807) is 0 Å². The Bertz CT molecular complexity index is 980. The molecule has 1 N–H and O–H groups in total. The maximum absolute atomic E-state index is 3.80. The molecule has 0 saturated heterocycles. The van der Waals surface area contributed by atoms with Gasteiger partial charge in [0, 0.05) is 17.0 Å². The van der Waals surface area contributed by atoms with Crippen LogP contribution in [0.4, 0.5) is 5.69 Å². The molecule has 0 bridgehead atoms. The van der Waals surface area contributed by atoms with Crippen molar-refractivity contribution >= 4 is 22.5 Å². The third kappa shape index (κ3) is 1.76. The van der Waals surface area contributed by atoms with Crippen LogP contribution in [0.5, 0.6) is 0 Å². The molecule has 0 saturated carbocycles. The molecule has 3 aromatic rings. The maximum atomic E-state index is 3.80. The molecule has 1 aliphatic heterocycles. The van der Waals surface area contributed by atoms with Gasteiger partial charge in [0.2, 0.25) is 0 Å². The first-order valence-electron chi connectivity index (χ1n) is 8.72. The highest BCUT2D eigenvalue weighted by Gasteiger charge is 2.44. The maximum Gasteiger partial charge on any atom is 0.0525 e. The van der Waals surface area contributed by atoms with Gasteiger partial charge in [-0.25, -0.2) is 0 Å². The Morgan fingerprint density at radius 3 is 2.58 bits per heavy atom. The third-order valence-corrected chi connectivity index (χ3v) is 5.85. The van der Waals surface area contributed by atoms with Crippen LogP contribution >= 0.6 is 0 Å². The van der Waals surface area contributed by atoms with E-state index in [-0.39, 0.29) is 5.41 Å². The predicted molar refractivity (Wildman–Crippen MR) is 103 cm³/mol. The second-order valence-corrected chi connectivity index (χ2v) is 7.57. The zero-order chi connectivity index (χ0) is 16.3. The minimum atomic E-state index is 0.0625. The van der Waals surface area contributed by atoms with Gasteiger partial charge in [0.15, 0.2) is 0 Å². The van der Waals surface area contributed by atoms with Crippen LogP contribution in [0.1, 0.15) is 36.5 Å². The average Bonchev–Trinajstić information content (AvgIpc) is 2.60. The van der Waals surface area contributed by atoms with Gasteiger partial charge in [-0.15, -0.1) is 0 Å². The summed E-state index contributed by atoms with van der Waals surface area (Å²) in [5.74, 6) is 0.442. The number of anilines is 1. The molecule has 0 amide bonds. The lowest BCUT2D eigenvalue weighted by Crippen LogP contribution is -2.44. The number of fused-ring (bicyclic) bond motifs is 6. The Kier molecular flexibility index (Phi) is 2.73. The van der Waals surface area contributed by atoms with E-state index in [0.717, 1.165) is 0 Å². The lowest BCUT2D eigenvalue weighted by atomic mass is 9.61. The summed E-state index contributed by atoms with van der Waals surface area (Å²) in [5, 5.41) is 6.50. The molecule has 3 aromatic carbocycles. The molecule has 1 nitrogen and oxygen atoms in total. The van der Waals surface area contributed by atoms with Crippen LogP contribution in [0, 0.1) is 0 Å². The largest absolute Gasteiger partial charge is 0.378 e. The summed E-state index contributed by atoms with van der Waals surface area (Å²) in [6.07, 6.45) is 4.61. The predicted octanol–water partition coefficient (Wildman–Crippen LogP) is 5.72. The van der Waals surface area contributed by atoms with Crippen LogP contribution in [0.15, 0.2) is 66.7 Å². The molecule has 0 spiro atoms. The van der Waals surface area contributed by atoms with Crippen molar-refractivity contribution in [3.63, 3.8) is 0 Å². The van der Waals surface area contributed by atoms with E-state index >= 15 is 0 Å². The molecule has 2 unspecified atom stereocenters. The van der Waals surface area contributed by atoms with Gasteiger partial charge in [-0.2, -0.15) is 0 Å². The molecule has 1 heterocycles.